The molecule has 0 radical (unpaired) electrons. The summed E-state index contributed by atoms with van der Waals surface area (Å²) in [5.41, 5.74) is 0.873. The molecule has 4 heteroatoms. The topological polar surface area (TPSA) is 48.4 Å². The number of carbonyl (C=O) groups is 1. The summed E-state index contributed by atoms with van der Waals surface area (Å²) in [5.74, 6) is 0.286. The lowest BCUT2D eigenvalue weighted by atomic mass is 10.2. The van der Waals surface area contributed by atoms with Gasteiger partial charge in [-0.2, -0.15) is 0 Å². The lowest BCUT2D eigenvalue weighted by Crippen LogP contribution is -2.10. The Labute approximate surface area is 105 Å². The Kier molecular flexibility index (Phi) is 3.91. The highest BCUT2D eigenvalue weighted by atomic mass is 16.6. The third-order valence-electron chi connectivity index (χ3n) is 2.36. The van der Waals surface area contributed by atoms with Gasteiger partial charge in [0.15, 0.2) is 0 Å². The van der Waals surface area contributed by atoms with E-state index in [-0.39, 0.29) is 6.61 Å². The van der Waals surface area contributed by atoms with Crippen LogP contribution >= 0.6 is 0 Å². The molecule has 92 valence electrons. The molecular formula is C14H13NO3. The standard InChI is InChI=1S/C14H13NO3/c1-2-14(16)18-10-9-17-13-7-8-15-12-6-4-3-5-11(12)13/h2-8H,1,9-10H2. The molecule has 4 nitrogen and oxygen atoms in total. The average molecular weight is 243 g/mol. The molecule has 0 aliphatic heterocycles. The Balaban J connectivity index is 1.99. The quantitative estimate of drug-likeness (QED) is 0.459. The van der Waals surface area contributed by atoms with Crippen molar-refractivity contribution in [2.24, 2.45) is 0 Å². The molecule has 1 aromatic heterocycles. The number of para-hydroxylation sites is 1. The second kappa shape index (κ2) is 5.82. The fraction of sp³-hybridized carbons (Fsp3) is 0.143. The molecule has 0 bridgehead atoms. The van der Waals surface area contributed by atoms with Crippen molar-refractivity contribution < 1.29 is 14.3 Å². The predicted octanol–water partition coefficient (Wildman–Crippen LogP) is 2.34. The van der Waals surface area contributed by atoms with Crippen molar-refractivity contribution in [1.82, 2.24) is 4.98 Å². The molecule has 0 saturated carbocycles. The maximum absolute atomic E-state index is 10.8. The SMILES string of the molecule is C=CC(=O)OCCOc1ccnc2ccccc12. The van der Waals surface area contributed by atoms with Crippen molar-refractivity contribution in [3.63, 3.8) is 0 Å². The second-order valence-corrected chi connectivity index (χ2v) is 3.55. The first-order chi connectivity index (χ1) is 8.81. The molecule has 1 heterocycles. The molecule has 0 aliphatic carbocycles. The largest absolute Gasteiger partial charge is 0.489 e. The Morgan fingerprint density at radius 2 is 2.11 bits per heavy atom. The van der Waals surface area contributed by atoms with E-state index >= 15 is 0 Å². The fourth-order valence-corrected chi connectivity index (χ4v) is 1.55. The second-order valence-electron chi connectivity index (χ2n) is 3.55. The zero-order chi connectivity index (χ0) is 12.8. The number of carbonyl (C=O) groups excluding carboxylic acids is 1. The van der Waals surface area contributed by atoms with Crippen molar-refractivity contribution in [3.8, 4) is 5.75 Å². The summed E-state index contributed by atoms with van der Waals surface area (Å²) in [4.78, 5) is 15.1. The maximum atomic E-state index is 10.8. The van der Waals surface area contributed by atoms with Gasteiger partial charge >= 0.3 is 5.97 Å². The average Bonchev–Trinajstić information content (AvgIpc) is 2.43. The van der Waals surface area contributed by atoms with Crippen LogP contribution in [0, 0.1) is 0 Å². The first-order valence-electron chi connectivity index (χ1n) is 5.57. The highest BCUT2D eigenvalue weighted by Crippen LogP contribution is 2.22. The minimum Gasteiger partial charge on any atom is -0.489 e. The van der Waals surface area contributed by atoms with Gasteiger partial charge in [0.25, 0.3) is 0 Å². The molecule has 0 N–H and O–H groups in total. The Morgan fingerprint density at radius 1 is 1.28 bits per heavy atom. The number of hydrogen-bond acceptors (Lipinski definition) is 4. The molecule has 18 heavy (non-hydrogen) atoms. The van der Waals surface area contributed by atoms with Gasteiger partial charge in [0.1, 0.15) is 19.0 Å². The van der Waals surface area contributed by atoms with Crippen molar-refractivity contribution >= 4 is 16.9 Å². The normalized spacial score (nSPS) is 10.0. The van der Waals surface area contributed by atoms with Crippen molar-refractivity contribution in [1.29, 1.82) is 0 Å². The molecule has 0 atom stereocenters. The van der Waals surface area contributed by atoms with E-state index in [0.29, 0.717) is 6.61 Å². The van der Waals surface area contributed by atoms with Crippen molar-refractivity contribution in [2.45, 2.75) is 0 Å². The van der Waals surface area contributed by atoms with Crippen molar-refractivity contribution in [3.05, 3.63) is 49.2 Å². The van der Waals surface area contributed by atoms with Crippen LogP contribution in [0.5, 0.6) is 5.75 Å². The van der Waals surface area contributed by atoms with Gasteiger partial charge in [-0.05, 0) is 18.2 Å². The number of nitrogens with zero attached hydrogens (tertiary/aromatic N) is 1. The van der Waals surface area contributed by atoms with Gasteiger partial charge in [-0.25, -0.2) is 4.79 Å². The predicted molar refractivity (Wildman–Crippen MR) is 68.4 cm³/mol. The van der Waals surface area contributed by atoms with E-state index in [2.05, 4.69) is 11.6 Å². The fourth-order valence-electron chi connectivity index (χ4n) is 1.55. The van der Waals surface area contributed by atoms with Crippen LogP contribution in [0.2, 0.25) is 0 Å². The number of pyridine rings is 1. The van der Waals surface area contributed by atoms with Crippen LogP contribution in [0.15, 0.2) is 49.2 Å². The van der Waals surface area contributed by atoms with Crippen LogP contribution < -0.4 is 4.74 Å². The van der Waals surface area contributed by atoms with Crippen LogP contribution in [-0.4, -0.2) is 24.2 Å². The number of benzene rings is 1. The number of fused-ring (bicyclic) bond motifs is 1. The third-order valence-corrected chi connectivity index (χ3v) is 2.36. The van der Waals surface area contributed by atoms with Crippen molar-refractivity contribution in [2.75, 3.05) is 13.2 Å². The van der Waals surface area contributed by atoms with Gasteiger partial charge < -0.3 is 9.47 Å². The van der Waals surface area contributed by atoms with Crippen LogP contribution in [0.25, 0.3) is 10.9 Å². The Hall–Kier alpha value is -2.36. The summed E-state index contributed by atoms with van der Waals surface area (Å²) in [7, 11) is 0. The third kappa shape index (κ3) is 2.85. The van der Waals surface area contributed by atoms with E-state index in [4.69, 9.17) is 9.47 Å². The van der Waals surface area contributed by atoms with E-state index < -0.39 is 5.97 Å². The number of hydrogen-bond donors (Lipinski definition) is 0. The molecule has 2 aromatic rings. The van der Waals surface area contributed by atoms with Crippen LogP contribution in [0.1, 0.15) is 0 Å². The zero-order valence-corrected chi connectivity index (χ0v) is 9.83. The van der Waals surface area contributed by atoms with Gasteiger partial charge in [-0.15, -0.1) is 0 Å². The summed E-state index contributed by atoms with van der Waals surface area (Å²) in [6.45, 7) is 3.81. The Bertz CT molecular complexity index is 560. The summed E-state index contributed by atoms with van der Waals surface area (Å²) in [5, 5.41) is 0.940. The Morgan fingerprint density at radius 3 is 2.94 bits per heavy atom. The van der Waals surface area contributed by atoms with E-state index in [1.165, 1.54) is 0 Å². The molecular weight excluding hydrogens is 230 g/mol. The molecule has 1 aromatic carbocycles. The number of aromatic nitrogens is 1. The van der Waals surface area contributed by atoms with Gasteiger partial charge in [-0.1, -0.05) is 18.7 Å². The summed E-state index contributed by atoms with van der Waals surface area (Å²) >= 11 is 0. The highest BCUT2D eigenvalue weighted by molar-refractivity contribution is 5.84. The minimum absolute atomic E-state index is 0.196. The van der Waals surface area contributed by atoms with Gasteiger partial charge in [0.05, 0.1) is 5.52 Å². The molecule has 0 aliphatic rings. The summed E-state index contributed by atoms with van der Waals surface area (Å²) in [6, 6.07) is 9.49. The number of ether oxygens (including phenoxy) is 2. The van der Waals surface area contributed by atoms with E-state index in [1.54, 1.807) is 12.3 Å². The lowest BCUT2D eigenvalue weighted by Gasteiger charge is -2.08. The van der Waals surface area contributed by atoms with Gasteiger partial charge in [0, 0.05) is 17.7 Å². The first-order valence-corrected chi connectivity index (χ1v) is 5.57. The monoisotopic (exact) mass is 243 g/mol. The molecule has 0 unspecified atom stereocenters. The summed E-state index contributed by atoms with van der Waals surface area (Å²) < 4.78 is 10.4. The van der Waals surface area contributed by atoms with E-state index in [0.717, 1.165) is 22.7 Å². The number of esters is 1. The number of rotatable bonds is 5. The summed E-state index contributed by atoms with van der Waals surface area (Å²) in [6.07, 6.45) is 2.81. The van der Waals surface area contributed by atoms with E-state index in [9.17, 15) is 4.79 Å². The molecule has 0 saturated heterocycles. The van der Waals surface area contributed by atoms with E-state index in [1.807, 2.05) is 24.3 Å². The van der Waals surface area contributed by atoms with Crippen LogP contribution in [-0.2, 0) is 9.53 Å². The smallest absolute Gasteiger partial charge is 0.330 e. The van der Waals surface area contributed by atoms with Gasteiger partial charge in [0.2, 0.25) is 0 Å². The van der Waals surface area contributed by atoms with Crippen LogP contribution in [0.4, 0.5) is 0 Å². The lowest BCUT2D eigenvalue weighted by molar-refractivity contribution is -0.138. The first kappa shape index (κ1) is 12.1. The molecule has 2 rings (SSSR count). The molecule has 0 spiro atoms. The molecule has 0 amide bonds. The zero-order valence-electron chi connectivity index (χ0n) is 9.83. The molecule has 0 fully saturated rings. The minimum atomic E-state index is -0.446. The maximum Gasteiger partial charge on any atom is 0.330 e. The van der Waals surface area contributed by atoms with Crippen LogP contribution in [0.3, 0.4) is 0 Å². The highest BCUT2D eigenvalue weighted by Gasteiger charge is 2.02. The van der Waals surface area contributed by atoms with Gasteiger partial charge in [-0.3, -0.25) is 4.98 Å².